The number of hydrogen-bond acceptors (Lipinski definition) is 2. The lowest BCUT2D eigenvalue weighted by atomic mass is 9.83. The molecule has 2 rings (SSSR count). The van der Waals surface area contributed by atoms with Gasteiger partial charge in [-0.05, 0) is 38.5 Å². The molecule has 2 nitrogen and oxygen atoms in total. The molecule has 0 aromatic carbocycles. The van der Waals surface area contributed by atoms with Crippen molar-refractivity contribution in [2.24, 2.45) is 5.92 Å². The zero-order valence-electron chi connectivity index (χ0n) is 10.2. The maximum atomic E-state index is 5.58. The Morgan fingerprint density at radius 1 is 1.13 bits per heavy atom. The second kappa shape index (κ2) is 5.31. The average molecular weight is 211 g/mol. The summed E-state index contributed by atoms with van der Waals surface area (Å²) in [5.41, 5.74) is 0. The van der Waals surface area contributed by atoms with Crippen LogP contribution in [-0.2, 0) is 4.74 Å². The van der Waals surface area contributed by atoms with Crippen LogP contribution >= 0.6 is 0 Å². The lowest BCUT2D eigenvalue weighted by Crippen LogP contribution is -2.50. The topological polar surface area (TPSA) is 21.3 Å². The van der Waals surface area contributed by atoms with Crippen LogP contribution in [-0.4, -0.2) is 24.8 Å². The molecular weight excluding hydrogens is 186 g/mol. The molecule has 2 atom stereocenters. The van der Waals surface area contributed by atoms with Gasteiger partial charge in [-0.1, -0.05) is 19.8 Å². The summed E-state index contributed by atoms with van der Waals surface area (Å²) in [6, 6.07) is 1.54. The van der Waals surface area contributed by atoms with Gasteiger partial charge in [-0.2, -0.15) is 0 Å². The number of ether oxygens (including phenoxy) is 1. The van der Waals surface area contributed by atoms with Gasteiger partial charge in [0.1, 0.15) is 0 Å². The molecule has 2 aliphatic rings. The van der Waals surface area contributed by atoms with Crippen LogP contribution in [0.25, 0.3) is 0 Å². The Kier molecular flexibility index (Phi) is 4.04. The zero-order chi connectivity index (χ0) is 10.7. The summed E-state index contributed by atoms with van der Waals surface area (Å²) in [5, 5.41) is 3.79. The van der Waals surface area contributed by atoms with E-state index in [2.05, 4.69) is 19.2 Å². The molecule has 0 aromatic heterocycles. The van der Waals surface area contributed by atoms with Crippen molar-refractivity contribution in [2.75, 3.05) is 6.61 Å². The standard InChI is InChI=1S/C13H25NO/c1-3-15-13-8-12(9-13)14-11-6-4-5-10(2)7-11/h10-14H,3-9H2,1-2H3. The Labute approximate surface area is 93.8 Å². The number of hydrogen-bond donors (Lipinski definition) is 1. The van der Waals surface area contributed by atoms with Crippen LogP contribution in [0.5, 0.6) is 0 Å². The molecule has 2 unspecified atom stereocenters. The highest BCUT2D eigenvalue weighted by Crippen LogP contribution is 2.28. The van der Waals surface area contributed by atoms with Crippen LogP contribution in [0.4, 0.5) is 0 Å². The van der Waals surface area contributed by atoms with Crippen LogP contribution in [0.2, 0.25) is 0 Å². The Bertz CT molecular complexity index is 189. The predicted molar refractivity (Wildman–Crippen MR) is 63.0 cm³/mol. The highest BCUT2D eigenvalue weighted by atomic mass is 16.5. The smallest absolute Gasteiger partial charge is 0.0604 e. The van der Waals surface area contributed by atoms with Crippen LogP contribution < -0.4 is 5.32 Å². The van der Waals surface area contributed by atoms with Crippen molar-refractivity contribution in [2.45, 2.75) is 70.6 Å². The van der Waals surface area contributed by atoms with E-state index in [1.54, 1.807) is 0 Å². The summed E-state index contributed by atoms with van der Waals surface area (Å²) in [5.74, 6) is 0.930. The Hall–Kier alpha value is -0.0800. The van der Waals surface area contributed by atoms with Crippen molar-refractivity contribution in [1.82, 2.24) is 5.32 Å². The highest BCUT2D eigenvalue weighted by molar-refractivity contribution is 4.89. The molecule has 2 fully saturated rings. The van der Waals surface area contributed by atoms with E-state index in [1.165, 1.54) is 38.5 Å². The van der Waals surface area contributed by atoms with E-state index in [9.17, 15) is 0 Å². The van der Waals surface area contributed by atoms with Crippen molar-refractivity contribution in [3.05, 3.63) is 0 Å². The van der Waals surface area contributed by atoms with E-state index in [4.69, 9.17) is 4.74 Å². The molecule has 0 amide bonds. The third kappa shape index (κ3) is 3.18. The molecule has 2 heteroatoms. The molecule has 1 N–H and O–H groups in total. The maximum Gasteiger partial charge on any atom is 0.0604 e. The van der Waals surface area contributed by atoms with E-state index in [-0.39, 0.29) is 0 Å². The second-order valence-corrected chi connectivity index (χ2v) is 5.38. The summed E-state index contributed by atoms with van der Waals surface area (Å²) >= 11 is 0. The third-order valence-electron chi connectivity index (χ3n) is 3.90. The van der Waals surface area contributed by atoms with Crippen molar-refractivity contribution in [3.63, 3.8) is 0 Å². The summed E-state index contributed by atoms with van der Waals surface area (Å²) in [6.45, 7) is 5.35. The van der Waals surface area contributed by atoms with Crippen molar-refractivity contribution < 1.29 is 4.74 Å². The molecule has 0 heterocycles. The van der Waals surface area contributed by atoms with E-state index in [0.717, 1.165) is 24.6 Å². The van der Waals surface area contributed by atoms with Crippen LogP contribution in [0, 0.1) is 5.92 Å². The monoisotopic (exact) mass is 211 g/mol. The Balaban J connectivity index is 1.62. The quantitative estimate of drug-likeness (QED) is 0.772. The van der Waals surface area contributed by atoms with E-state index in [0.29, 0.717) is 6.10 Å². The van der Waals surface area contributed by atoms with Crippen molar-refractivity contribution in [3.8, 4) is 0 Å². The van der Waals surface area contributed by atoms with Gasteiger partial charge in [0.15, 0.2) is 0 Å². The van der Waals surface area contributed by atoms with E-state index >= 15 is 0 Å². The lowest BCUT2D eigenvalue weighted by molar-refractivity contribution is -0.0139. The normalized spacial score (nSPS) is 41.2. The molecule has 0 aliphatic heterocycles. The first-order chi connectivity index (χ1) is 7.28. The van der Waals surface area contributed by atoms with Gasteiger partial charge in [-0.25, -0.2) is 0 Å². The Morgan fingerprint density at radius 3 is 2.60 bits per heavy atom. The van der Waals surface area contributed by atoms with Gasteiger partial charge in [-0.15, -0.1) is 0 Å². The summed E-state index contributed by atoms with van der Waals surface area (Å²) < 4.78 is 5.58. The first-order valence-electron chi connectivity index (χ1n) is 6.65. The maximum absolute atomic E-state index is 5.58. The first kappa shape index (κ1) is 11.4. The zero-order valence-corrected chi connectivity index (χ0v) is 10.2. The van der Waals surface area contributed by atoms with Gasteiger partial charge in [0, 0.05) is 18.7 Å². The van der Waals surface area contributed by atoms with Crippen molar-refractivity contribution >= 4 is 0 Å². The molecule has 2 aliphatic carbocycles. The van der Waals surface area contributed by atoms with Crippen molar-refractivity contribution in [1.29, 1.82) is 0 Å². The number of rotatable bonds is 4. The molecule has 0 radical (unpaired) electrons. The van der Waals surface area contributed by atoms with Gasteiger partial charge in [0.2, 0.25) is 0 Å². The fraction of sp³-hybridized carbons (Fsp3) is 1.00. The molecule has 2 saturated carbocycles. The Morgan fingerprint density at radius 2 is 1.93 bits per heavy atom. The van der Waals surface area contributed by atoms with Gasteiger partial charge >= 0.3 is 0 Å². The average Bonchev–Trinajstić information content (AvgIpc) is 2.15. The molecular formula is C13H25NO. The molecule has 15 heavy (non-hydrogen) atoms. The first-order valence-corrected chi connectivity index (χ1v) is 6.65. The minimum atomic E-state index is 0.550. The van der Waals surface area contributed by atoms with E-state index < -0.39 is 0 Å². The summed E-state index contributed by atoms with van der Waals surface area (Å²) in [6.07, 6.45) is 8.65. The fourth-order valence-electron chi connectivity index (χ4n) is 2.99. The van der Waals surface area contributed by atoms with Gasteiger partial charge in [-0.3, -0.25) is 0 Å². The minimum absolute atomic E-state index is 0.550. The third-order valence-corrected chi connectivity index (χ3v) is 3.90. The molecule has 0 bridgehead atoms. The number of nitrogens with one attached hydrogen (secondary N) is 1. The molecule has 0 saturated heterocycles. The summed E-state index contributed by atoms with van der Waals surface area (Å²) in [7, 11) is 0. The molecule has 0 aromatic rings. The van der Waals surface area contributed by atoms with Crippen LogP contribution in [0.3, 0.4) is 0 Å². The molecule has 0 spiro atoms. The lowest BCUT2D eigenvalue weighted by Gasteiger charge is -2.39. The second-order valence-electron chi connectivity index (χ2n) is 5.38. The predicted octanol–water partition coefficient (Wildman–Crippen LogP) is 2.72. The van der Waals surface area contributed by atoms with Gasteiger partial charge in [0.05, 0.1) is 6.10 Å². The SMILES string of the molecule is CCOC1CC(NC2CCCC(C)C2)C1. The van der Waals surface area contributed by atoms with Crippen LogP contribution in [0.15, 0.2) is 0 Å². The van der Waals surface area contributed by atoms with Gasteiger partial charge in [0.25, 0.3) is 0 Å². The highest BCUT2D eigenvalue weighted by Gasteiger charge is 2.31. The van der Waals surface area contributed by atoms with E-state index in [1.807, 2.05) is 0 Å². The van der Waals surface area contributed by atoms with Crippen LogP contribution in [0.1, 0.15) is 52.4 Å². The minimum Gasteiger partial charge on any atom is -0.378 e. The van der Waals surface area contributed by atoms with Gasteiger partial charge < -0.3 is 10.1 Å². The summed E-state index contributed by atoms with van der Waals surface area (Å²) in [4.78, 5) is 0. The largest absolute Gasteiger partial charge is 0.378 e. The fourth-order valence-corrected chi connectivity index (χ4v) is 2.99. The molecule has 88 valence electrons.